The molecule has 0 aliphatic heterocycles. The Morgan fingerprint density at radius 3 is 2.92 bits per heavy atom. The smallest absolute Gasteiger partial charge is 0.496 e. The Bertz CT molecular complexity index is 804. The first-order chi connectivity index (χ1) is 11.4. The van der Waals surface area contributed by atoms with Crippen molar-refractivity contribution < 1.29 is 14.5 Å². The number of halogens is 1. The maximum absolute atomic E-state index is 12.1. The number of hydrazone groups is 1. The molecule has 24 heavy (non-hydrogen) atoms. The van der Waals surface area contributed by atoms with Crippen molar-refractivity contribution in [1.29, 1.82) is 0 Å². The largest absolute Gasteiger partial charge is 0.514 e. The van der Waals surface area contributed by atoms with Crippen molar-refractivity contribution >= 4 is 29.2 Å². The van der Waals surface area contributed by atoms with E-state index in [-0.39, 0.29) is 12.1 Å². The Hall–Kier alpha value is -3.08. The molecule has 0 saturated heterocycles. The van der Waals surface area contributed by atoms with E-state index < -0.39 is 16.8 Å². The van der Waals surface area contributed by atoms with Crippen LogP contribution in [0.3, 0.4) is 0 Å². The lowest BCUT2D eigenvalue weighted by Gasteiger charge is -2.07. The van der Waals surface area contributed by atoms with Crippen LogP contribution >= 0.6 is 11.6 Å². The molecule has 0 unspecified atom stereocenters. The van der Waals surface area contributed by atoms with Crippen LogP contribution in [0, 0.1) is 10.1 Å². The number of aromatic nitrogens is 4. The molecule has 0 aliphatic rings. The van der Waals surface area contributed by atoms with E-state index in [0.29, 0.717) is 16.5 Å². The molecular weight excluding hydrogens is 342 g/mol. The summed E-state index contributed by atoms with van der Waals surface area (Å²) in [4.78, 5) is 22.8. The number of benzene rings is 1. The van der Waals surface area contributed by atoms with Gasteiger partial charge in [-0.25, -0.2) is 5.43 Å². The second-order valence-electron chi connectivity index (χ2n) is 4.51. The molecule has 0 saturated carbocycles. The van der Waals surface area contributed by atoms with E-state index in [0.717, 1.165) is 4.80 Å². The van der Waals surface area contributed by atoms with Crippen molar-refractivity contribution in [2.45, 2.75) is 13.5 Å². The molecular formula is C12H12ClN7O4. The van der Waals surface area contributed by atoms with Crippen LogP contribution in [0.15, 0.2) is 23.3 Å². The summed E-state index contributed by atoms with van der Waals surface area (Å²) in [7, 11) is 1.43. The van der Waals surface area contributed by atoms with Crippen LogP contribution in [-0.4, -0.2) is 43.9 Å². The highest BCUT2D eigenvalue weighted by Gasteiger charge is 2.16. The van der Waals surface area contributed by atoms with Gasteiger partial charge in [0.05, 0.1) is 28.6 Å². The van der Waals surface area contributed by atoms with Crippen LogP contribution in [0.5, 0.6) is 5.75 Å². The number of methoxy groups -OCH3 is 1. The lowest BCUT2D eigenvalue weighted by molar-refractivity contribution is -0.394. The van der Waals surface area contributed by atoms with Crippen molar-refractivity contribution in [1.82, 2.24) is 25.6 Å². The molecule has 12 heteroatoms. The minimum absolute atomic E-state index is 0.0216. The topological polar surface area (TPSA) is 137 Å². The van der Waals surface area contributed by atoms with E-state index in [1.54, 1.807) is 19.1 Å². The Balaban J connectivity index is 2.05. The number of hydrogen-bond acceptors (Lipinski definition) is 8. The average molecular weight is 354 g/mol. The number of nitrogens with one attached hydrogen (secondary N) is 1. The third-order valence-corrected chi connectivity index (χ3v) is 2.97. The minimum atomic E-state index is -0.761. The fourth-order valence-electron chi connectivity index (χ4n) is 1.68. The zero-order valence-electron chi connectivity index (χ0n) is 12.6. The number of ether oxygens (including phenoxy) is 1. The van der Waals surface area contributed by atoms with Crippen molar-refractivity contribution in [3.05, 3.63) is 38.9 Å². The Kier molecular flexibility index (Phi) is 5.37. The predicted octanol–water partition coefficient (Wildman–Crippen LogP) is 1.05. The van der Waals surface area contributed by atoms with Gasteiger partial charge in [-0.15, -0.1) is 0 Å². The summed E-state index contributed by atoms with van der Waals surface area (Å²) in [6.07, 6.45) is 0. The number of hydrogen-bond donors (Lipinski definition) is 1. The van der Waals surface area contributed by atoms with E-state index in [2.05, 4.69) is 25.9 Å². The summed E-state index contributed by atoms with van der Waals surface area (Å²) < 4.78 is 5.08. The molecule has 2 rings (SSSR count). The SMILES string of the molecule is COc1ccc(Cl)cc1C(=O)N/N=C(\C)Cn1nnc([N+](=O)[O-])n1. The fourth-order valence-corrected chi connectivity index (χ4v) is 1.85. The highest BCUT2D eigenvalue weighted by Crippen LogP contribution is 2.22. The lowest BCUT2D eigenvalue weighted by Crippen LogP contribution is -2.21. The molecule has 0 bridgehead atoms. The van der Waals surface area contributed by atoms with Crippen molar-refractivity contribution in [2.75, 3.05) is 7.11 Å². The standard InChI is InChI=1S/C12H12ClN7O4/c1-7(6-19-17-12(16-18-19)20(22)23)14-15-11(21)9-5-8(13)3-4-10(9)24-2/h3-5H,6H2,1-2H3,(H,15,21)/b14-7+. The van der Waals surface area contributed by atoms with Gasteiger partial charge in [0.1, 0.15) is 12.3 Å². The quantitative estimate of drug-likeness (QED) is 0.465. The van der Waals surface area contributed by atoms with Gasteiger partial charge in [0.2, 0.25) is 0 Å². The first-order valence-corrected chi connectivity index (χ1v) is 6.87. The Morgan fingerprint density at radius 2 is 2.29 bits per heavy atom. The molecule has 1 amide bonds. The second kappa shape index (κ2) is 7.46. The van der Waals surface area contributed by atoms with Gasteiger partial charge >= 0.3 is 5.95 Å². The summed E-state index contributed by atoms with van der Waals surface area (Å²) in [6.45, 7) is 1.61. The fraction of sp³-hybridized carbons (Fsp3) is 0.250. The third kappa shape index (κ3) is 4.23. The molecule has 1 aromatic heterocycles. The normalized spacial score (nSPS) is 11.2. The molecule has 1 N–H and O–H groups in total. The monoisotopic (exact) mass is 353 g/mol. The first-order valence-electron chi connectivity index (χ1n) is 6.50. The molecule has 0 fully saturated rings. The molecule has 0 radical (unpaired) electrons. The van der Waals surface area contributed by atoms with Gasteiger partial charge in [-0.2, -0.15) is 5.10 Å². The third-order valence-electron chi connectivity index (χ3n) is 2.73. The van der Waals surface area contributed by atoms with Gasteiger partial charge in [-0.3, -0.25) is 4.79 Å². The molecule has 11 nitrogen and oxygen atoms in total. The maximum Gasteiger partial charge on any atom is 0.514 e. The van der Waals surface area contributed by atoms with Crippen LogP contribution in [-0.2, 0) is 6.54 Å². The number of carbonyl (C=O) groups is 1. The van der Waals surface area contributed by atoms with E-state index in [1.807, 2.05) is 0 Å². The average Bonchev–Trinajstić information content (AvgIpc) is 3.01. The highest BCUT2D eigenvalue weighted by atomic mass is 35.5. The van der Waals surface area contributed by atoms with Crippen LogP contribution in [0.25, 0.3) is 0 Å². The molecule has 0 aliphatic carbocycles. The summed E-state index contributed by atoms with van der Waals surface area (Å²) in [5.74, 6) is -0.792. The van der Waals surface area contributed by atoms with Crippen molar-refractivity contribution in [2.24, 2.45) is 5.10 Å². The Morgan fingerprint density at radius 1 is 1.54 bits per heavy atom. The summed E-state index contributed by atoms with van der Waals surface area (Å²) in [5.41, 5.74) is 2.96. The zero-order valence-corrected chi connectivity index (χ0v) is 13.4. The molecule has 1 aromatic carbocycles. The summed E-state index contributed by atoms with van der Waals surface area (Å²) in [6, 6.07) is 4.60. The molecule has 0 atom stereocenters. The van der Waals surface area contributed by atoms with Gasteiger partial charge in [0.15, 0.2) is 0 Å². The predicted molar refractivity (Wildman–Crippen MR) is 83.1 cm³/mol. The summed E-state index contributed by atoms with van der Waals surface area (Å²) >= 11 is 5.86. The number of tetrazole rings is 1. The second-order valence-corrected chi connectivity index (χ2v) is 4.95. The number of rotatable bonds is 6. The minimum Gasteiger partial charge on any atom is -0.496 e. The van der Waals surface area contributed by atoms with E-state index >= 15 is 0 Å². The molecule has 2 aromatic rings. The van der Waals surface area contributed by atoms with Gasteiger partial charge in [0, 0.05) is 10.2 Å². The Labute approximate surface area is 140 Å². The highest BCUT2D eigenvalue weighted by molar-refractivity contribution is 6.31. The van der Waals surface area contributed by atoms with Crippen molar-refractivity contribution in [3.8, 4) is 5.75 Å². The number of carbonyl (C=O) groups excluding carboxylic acids is 1. The number of amides is 1. The molecule has 1 heterocycles. The van der Waals surface area contributed by atoms with Crippen LogP contribution in [0.2, 0.25) is 5.02 Å². The number of nitrogens with zero attached hydrogens (tertiary/aromatic N) is 6. The van der Waals surface area contributed by atoms with Crippen LogP contribution < -0.4 is 10.2 Å². The maximum atomic E-state index is 12.1. The molecule has 0 spiro atoms. The van der Waals surface area contributed by atoms with E-state index in [4.69, 9.17) is 16.3 Å². The van der Waals surface area contributed by atoms with Gasteiger partial charge in [-0.1, -0.05) is 16.4 Å². The van der Waals surface area contributed by atoms with Gasteiger partial charge < -0.3 is 14.9 Å². The van der Waals surface area contributed by atoms with E-state index in [9.17, 15) is 14.9 Å². The van der Waals surface area contributed by atoms with E-state index in [1.165, 1.54) is 13.2 Å². The van der Waals surface area contributed by atoms with Gasteiger partial charge in [-0.05, 0) is 30.0 Å². The van der Waals surface area contributed by atoms with Crippen LogP contribution in [0.1, 0.15) is 17.3 Å². The van der Waals surface area contributed by atoms with Gasteiger partial charge in [0.25, 0.3) is 5.91 Å². The van der Waals surface area contributed by atoms with Crippen molar-refractivity contribution in [3.63, 3.8) is 0 Å². The lowest BCUT2D eigenvalue weighted by atomic mass is 10.2. The summed E-state index contributed by atoms with van der Waals surface area (Å²) in [5, 5.41) is 25.0. The molecule has 126 valence electrons. The van der Waals surface area contributed by atoms with Crippen LogP contribution in [0.4, 0.5) is 5.95 Å². The zero-order chi connectivity index (χ0) is 17.7. The first kappa shape index (κ1) is 17.3. The number of nitro groups is 1.